The molecule has 0 saturated carbocycles. The molecule has 0 fully saturated rings. The lowest BCUT2D eigenvalue weighted by Gasteiger charge is -2.01. The number of hydrogen-bond acceptors (Lipinski definition) is 8. The number of anilines is 1. The Hall–Kier alpha value is -3.34. The summed E-state index contributed by atoms with van der Waals surface area (Å²) in [5.41, 5.74) is 7.34. The third-order valence-corrected chi connectivity index (χ3v) is 3.69. The monoisotopic (exact) mass is 327 g/mol. The van der Waals surface area contributed by atoms with Crippen LogP contribution in [-0.4, -0.2) is 50.4 Å². The number of rotatable bonds is 3. The first-order valence-electron chi connectivity index (χ1n) is 7.10. The van der Waals surface area contributed by atoms with Crippen molar-refractivity contribution in [3.8, 4) is 11.5 Å². The summed E-state index contributed by atoms with van der Waals surface area (Å²) in [6, 6.07) is 0. The van der Waals surface area contributed by atoms with Gasteiger partial charge in [0, 0.05) is 19.4 Å². The maximum absolute atomic E-state index is 12.4. The van der Waals surface area contributed by atoms with E-state index in [1.807, 2.05) is 0 Å². The molecule has 0 amide bonds. The normalized spacial score (nSPS) is 11.6. The lowest BCUT2D eigenvalue weighted by molar-refractivity contribution is 0.275. The van der Waals surface area contributed by atoms with E-state index in [1.165, 1.54) is 26.0 Å². The minimum Gasteiger partial charge on any atom is -0.395 e. The summed E-state index contributed by atoms with van der Waals surface area (Å²) < 4.78 is 4.11. The number of hydrogen-bond donors (Lipinski definition) is 2. The smallest absolute Gasteiger partial charge is 0.330 e. The first-order valence-corrected chi connectivity index (χ1v) is 7.10. The van der Waals surface area contributed by atoms with E-state index in [-0.39, 0.29) is 24.8 Å². The van der Waals surface area contributed by atoms with Crippen molar-refractivity contribution >= 4 is 22.8 Å². The maximum Gasteiger partial charge on any atom is 0.330 e. The van der Waals surface area contributed by atoms with E-state index in [4.69, 9.17) is 5.73 Å². The zero-order chi connectivity index (χ0) is 16.8. The first-order chi connectivity index (χ1) is 11.6. The van der Waals surface area contributed by atoms with Gasteiger partial charge in [-0.25, -0.2) is 14.8 Å². The largest absolute Gasteiger partial charge is 0.395 e. The predicted octanol–water partition coefficient (Wildman–Crippen LogP) is -1.19. The van der Waals surface area contributed by atoms with Crippen LogP contribution in [0.2, 0.25) is 0 Å². The van der Waals surface area contributed by atoms with Gasteiger partial charge in [0.1, 0.15) is 11.2 Å². The minimum atomic E-state index is -0.317. The molecule has 0 atom stereocenters. The highest BCUT2D eigenvalue weighted by Crippen LogP contribution is 2.21. The molecule has 122 valence electrons. The Kier molecular flexibility index (Phi) is 3.03. The Morgan fingerprint density at radius 1 is 1.25 bits per heavy atom. The molecule has 0 unspecified atom stereocenters. The molecule has 0 aliphatic heterocycles. The SMILES string of the molecule is Cn1c(=O)n(CCO)c2nc(N)n3nc(-c4cnccn4)nc3c21. The van der Waals surface area contributed by atoms with Crippen LogP contribution in [0.25, 0.3) is 28.3 Å². The van der Waals surface area contributed by atoms with Crippen LogP contribution in [0, 0.1) is 0 Å². The number of aryl methyl sites for hydroxylation is 1. The van der Waals surface area contributed by atoms with Crippen molar-refractivity contribution in [2.24, 2.45) is 7.05 Å². The van der Waals surface area contributed by atoms with Crippen molar-refractivity contribution < 1.29 is 5.11 Å². The average molecular weight is 327 g/mol. The number of nitrogens with zero attached hydrogens (tertiary/aromatic N) is 8. The summed E-state index contributed by atoms with van der Waals surface area (Å²) in [6.45, 7) is -0.0761. The molecule has 0 bridgehead atoms. The summed E-state index contributed by atoms with van der Waals surface area (Å²) in [4.78, 5) is 29.2. The molecule has 4 aromatic heterocycles. The van der Waals surface area contributed by atoms with Gasteiger partial charge in [-0.2, -0.15) is 9.50 Å². The van der Waals surface area contributed by atoms with E-state index in [0.29, 0.717) is 28.3 Å². The highest BCUT2D eigenvalue weighted by molar-refractivity contribution is 5.88. The molecule has 0 spiro atoms. The molecule has 0 aliphatic rings. The topological polar surface area (TPSA) is 142 Å². The summed E-state index contributed by atoms with van der Waals surface area (Å²) in [5.74, 6) is 0.406. The van der Waals surface area contributed by atoms with E-state index in [0.717, 1.165) is 0 Å². The standard InChI is InChI=1S/C13H13N9O2/c1-20-8-10(21(4-5-23)13(20)24)18-12(14)22-11(8)17-9(19-22)7-6-15-2-3-16-7/h2-3,6,23H,4-5H2,1H3,(H2,14,18). The van der Waals surface area contributed by atoms with Crippen molar-refractivity contribution in [3.05, 3.63) is 29.1 Å². The van der Waals surface area contributed by atoms with E-state index in [9.17, 15) is 9.90 Å². The third kappa shape index (κ3) is 1.88. The quantitative estimate of drug-likeness (QED) is 0.478. The first kappa shape index (κ1) is 14.3. The molecule has 0 radical (unpaired) electrons. The fraction of sp³-hybridized carbons (Fsp3) is 0.231. The number of fused-ring (bicyclic) bond motifs is 3. The Labute approximate surface area is 134 Å². The molecule has 24 heavy (non-hydrogen) atoms. The number of aliphatic hydroxyl groups is 1. The van der Waals surface area contributed by atoms with Gasteiger partial charge in [-0.1, -0.05) is 0 Å². The molecule has 3 N–H and O–H groups in total. The second kappa shape index (κ2) is 5.09. The van der Waals surface area contributed by atoms with Gasteiger partial charge in [0.15, 0.2) is 11.3 Å². The molecular formula is C13H13N9O2. The van der Waals surface area contributed by atoms with Crippen molar-refractivity contribution in [2.75, 3.05) is 12.3 Å². The van der Waals surface area contributed by atoms with Gasteiger partial charge in [-0.05, 0) is 0 Å². The Morgan fingerprint density at radius 2 is 2.08 bits per heavy atom. The number of imidazole rings is 1. The van der Waals surface area contributed by atoms with Crippen LogP contribution >= 0.6 is 0 Å². The fourth-order valence-corrected chi connectivity index (χ4v) is 2.61. The molecule has 0 aliphatic carbocycles. The zero-order valence-electron chi connectivity index (χ0n) is 12.7. The average Bonchev–Trinajstić information content (AvgIpc) is 3.13. The predicted molar refractivity (Wildman–Crippen MR) is 84.0 cm³/mol. The van der Waals surface area contributed by atoms with Crippen molar-refractivity contribution in [1.29, 1.82) is 0 Å². The van der Waals surface area contributed by atoms with Crippen LogP contribution in [0.4, 0.5) is 5.95 Å². The lowest BCUT2D eigenvalue weighted by Crippen LogP contribution is -2.23. The number of nitrogen functional groups attached to an aromatic ring is 1. The van der Waals surface area contributed by atoms with Crippen LogP contribution in [0.15, 0.2) is 23.4 Å². The second-order valence-corrected chi connectivity index (χ2v) is 5.12. The van der Waals surface area contributed by atoms with Gasteiger partial charge in [-0.15, -0.1) is 5.10 Å². The van der Waals surface area contributed by atoms with Crippen LogP contribution < -0.4 is 11.4 Å². The van der Waals surface area contributed by atoms with Crippen molar-refractivity contribution in [3.63, 3.8) is 0 Å². The van der Waals surface area contributed by atoms with Gasteiger partial charge in [-0.3, -0.25) is 14.1 Å². The van der Waals surface area contributed by atoms with Crippen LogP contribution in [0.5, 0.6) is 0 Å². The van der Waals surface area contributed by atoms with Gasteiger partial charge in [0.2, 0.25) is 11.8 Å². The Balaban J connectivity index is 2.10. The fourth-order valence-electron chi connectivity index (χ4n) is 2.61. The molecule has 0 saturated heterocycles. The molecule has 4 aromatic rings. The van der Waals surface area contributed by atoms with E-state index < -0.39 is 0 Å². The lowest BCUT2D eigenvalue weighted by atomic mass is 10.4. The molecule has 11 nitrogen and oxygen atoms in total. The van der Waals surface area contributed by atoms with E-state index >= 15 is 0 Å². The summed E-state index contributed by atoms with van der Waals surface area (Å²) in [6.07, 6.45) is 4.61. The van der Waals surface area contributed by atoms with Crippen LogP contribution in [-0.2, 0) is 13.6 Å². The Bertz CT molecular complexity index is 1110. The minimum absolute atomic E-state index is 0.0810. The van der Waals surface area contributed by atoms with E-state index in [1.54, 1.807) is 13.2 Å². The van der Waals surface area contributed by atoms with Crippen molar-refractivity contribution in [1.82, 2.24) is 38.7 Å². The number of aliphatic hydroxyl groups excluding tert-OH is 1. The number of nitrogens with two attached hydrogens (primary N) is 1. The summed E-state index contributed by atoms with van der Waals surface area (Å²) in [5, 5.41) is 13.5. The highest BCUT2D eigenvalue weighted by atomic mass is 16.3. The molecule has 11 heteroatoms. The Morgan fingerprint density at radius 3 is 2.79 bits per heavy atom. The molecular weight excluding hydrogens is 314 g/mol. The summed E-state index contributed by atoms with van der Waals surface area (Å²) in [7, 11) is 1.60. The maximum atomic E-state index is 12.4. The van der Waals surface area contributed by atoms with E-state index in [2.05, 4.69) is 25.0 Å². The van der Waals surface area contributed by atoms with Gasteiger partial charge in [0.25, 0.3) is 0 Å². The number of aromatic nitrogens is 8. The zero-order valence-corrected chi connectivity index (χ0v) is 12.7. The molecule has 4 heterocycles. The van der Waals surface area contributed by atoms with Gasteiger partial charge < -0.3 is 10.8 Å². The van der Waals surface area contributed by atoms with Crippen LogP contribution in [0.3, 0.4) is 0 Å². The third-order valence-electron chi connectivity index (χ3n) is 3.69. The van der Waals surface area contributed by atoms with Crippen molar-refractivity contribution in [2.45, 2.75) is 6.54 Å². The second-order valence-electron chi connectivity index (χ2n) is 5.12. The molecule has 0 aromatic carbocycles. The highest BCUT2D eigenvalue weighted by Gasteiger charge is 2.20. The summed E-state index contributed by atoms with van der Waals surface area (Å²) >= 11 is 0. The van der Waals surface area contributed by atoms with Gasteiger partial charge >= 0.3 is 5.69 Å². The van der Waals surface area contributed by atoms with Gasteiger partial charge in [0.05, 0.1) is 19.3 Å². The van der Waals surface area contributed by atoms with Crippen LogP contribution in [0.1, 0.15) is 0 Å². The molecule has 4 rings (SSSR count).